The maximum Gasteiger partial charge on any atom is 0.0809 e. The number of rotatable bonds is 6. The first kappa shape index (κ1) is 16.8. The maximum absolute atomic E-state index is 6.08. The number of nitrogens with zero attached hydrogens (tertiary/aromatic N) is 3. The van der Waals surface area contributed by atoms with E-state index >= 15 is 0 Å². The van der Waals surface area contributed by atoms with Crippen LogP contribution < -0.4 is 0 Å². The van der Waals surface area contributed by atoms with Crippen molar-refractivity contribution in [3.63, 3.8) is 0 Å². The number of ether oxygens (including phenoxy) is 2. The minimum atomic E-state index is 0.332. The molecule has 0 aliphatic carbocycles. The van der Waals surface area contributed by atoms with Gasteiger partial charge in [-0.2, -0.15) is 5.10 Å². The van der Waals surface area contributed by atoms with Crippen LogP contribution in [0.3, 0.4) is 0 Å². The fraction of sp³-hybridized carbons (Fsp3) is 0.550. The topological polar surface area (TPSA) is 39.5 Å². The molecule has 2 aliphatic heterocycles. The summed E-state index contributed by atoms with van der Waals surface area (Å²) in [6, 6.07) is 10.5. The Kier molecular flexibility index (Phi) is 5.45. The zero-order valence-electron chi connectivity index (χ0n) is 14.7. The van der Waals surface area contributed by atoms with Crippen molar-refractivity contribution >= 4 is 0 Å². The standard InChI is InChI=1S/C20H27N3O2/c1-2-7-20(23-11-4-10-21-23)17(5-1)15-22-12-8-18(9-13-22)25-16-19-6-3-14-24-19/h1-2,4-5,7,10-11,18-19H,3,6,8-9,12-16H2. The lowest BCUT2D eigenvalue weighted by Gasteiger charge is -2.32. The van der Waals surface area contributed by atoms with Crippen molar-refractivity contribution in [1.82, 2.24) is 14.7 Å². The van der Waals surface area contributed by atoms with Crippen molar-refractivity contribution in [2.45, 2.75) is 44.4 Å². The quantitative estimate of drug-likeness (QED) is 0.810. The van der Waals surface area contributed by atoms with E-state index in [9.17, 15) is 0 Å². The monoisotopic (exact) mass is 341 g/mol. The average molecular weight is 341 g/mol. The van der Waals surface area contributed by atoms with Gasteiger partial charge in [-0.25, -0.2) is 4.68 Å². The molecule has 134 valence electrons. The van der Waals surface area contributed by atoms with Gasteiger partial charge in [0.2, 0.25) is 0 Å². The molecule has 3 heterocycles. The van der Waals surface area contributed by atoms with E-state index in [1.807, 2.05) is 23.1 Å². The first-order valence-corrected chi connectivity index (χ1v) is 9.42. The lowest BCUT2D eigenvalue weighted by molar-refractivity contribution is -0.0426. The first-order chi connectivity index (χ1) is 12.4. The number of aromatic nitrogens is 2. The van der Waals surface area contributed by atoms with Gasteiger partial charge in [0.15, 0.2) is 0 Å². The van der Waals surface area contributed by atoms with Gasteiger partial charge in [-0.3, -0.25) is 4.90 Å². The molecule has 2 aliphatic rings. The van der Waals surface area contributed by atoms with Crippen LogP contribution in [0.25, 0.3) is 5.69 Å². The molecule has 25 heavy (non-hydrogen) atoms. The summed E-state index contributed by atoms with van der Waals surface area (Å²) in [6.07, 6.45) is 9.11. The highest BCUT2D eigenvalue weighted by molar-refractivity contribution is 5.40. The Morgan fingerprint density at radius 2 is 2.00 bits per heavy atom. The van der Waals surface area contributed by atoms with Crippen LogP contribution >= 0.6 is 0 Å². The highest BCUT2D eigenvalue weighted by Crippen LogP contribution is 2.21. The lowest BCUT2D eigenvalue weighted by atomic mass is 10.1. The Hall–Kier alpha value is -1.69. The molecular formula is C20H27N3O2. The summed E-state index contributed by atoms with van der Waals surface area (Å²) in [5, 5.41) is 4.38. The fourth-order valence-corrected chi connectivity index (χ4v) is 3.77. The number of hydrogen-bond acceptors (Lipinski definition) is 4. The third kappa shape index (κ3) is 4.29. The average Bonchev–Trinajstić information content (AvgIpc) is 3.36. The van der Waals surface area contributed by atoms with Gasteiger partial charge >= 0.3 is 0 Å². The van der Waals surface area contributed by atoms with E-state index in [4.69, 9.17) is 9.47 Å². The van der Waals surface area contributed by atoms with Gasteiger partial charge in [-0.1, -0.05) is 18.2 Å². The van der Waals surface area contributed by atoms with Gasteiger partial charge < -0.3 is 9.47 Å². The molecule has 0 N–H and O–H groups in total. The number of para-hydroxylation sites is 1. The molecule has 5 nitrogen and oxygen atoms in total. The van der Waals surface area contributed by atoms with Crippen LogP contribution in [-0.2, 0) is 16.0 Å². The predicted octanol–water partition coefficient (Wildman–Crippen LogP) is 3.03. The second-order valence-corrected chi connectivity index (χ2v) is 7.02. The van der Waals surface area contributed by atoms with Crippen LogP contribution in [0.2, 0.25) is 0 Å². The first-order valence-electron chi connectivity index (χ1n) is 9.42. The van der Waals surface area contributed by atoms with Crippen LogP contribution in [0.5, 0.6) is 0 Å². The molecule has 1 aromatic carbocycles. The predicted molar refractivity (Wildman–Crippen MR) is 96.8 cm³/mol. The van der Waals surface area contributed by atoms with E-state index in [0.29, 0.717) is 12.2 Å². The third-order valence-corrected chi connectivity index (χ3v) is 5.21. The van der Waals surface area contributed by atoms with Crippen molar-refractivity contribution in [2.24, 2.45) is 0 Å². The molecule has 1 aromatic heterocycles. The maximum atomic E-state index is 6.08. The summed E-state index contributed by atoms with van der Waals surface area (Å²) in [4.78, 5) is 2.52. The number of piperidine rings is 1. The van der Waals surface area contributed by atoms with Crippen molar-refractivity contribution in [2.75, 3.05) is 26.3 Å². The van der Waals surface area contributed by atoms with E-state index in [1.165, 1.54) is 17.7 Å². The summed E-state index contributed by atoms with van der Waals surface area (Å²) in [5.74, 6) is 0. The molecule has 2 aromatic rings. The van der Waals surface area contributed by atoms with E-state index in [-0.39, 0.29) is 0 Å². The van der Waals surface area contributed by atoms with Gasteiger partial charge in [-0.15, -0.1) is 0 Å². The van der Waals surface area contributed by atoms with Gasteiger partial charge in [0.25, 0.3) is 0 Å². The van der Waals surface area contributed by atoms with Crippen molar-refractivity contribution in [3.8, 4) is 5.69 Å². The zero-order valence-corrected chi connectivity index (χ0v) is 14.7. The van der Waals surface area contributed by atoms with E-state index < -0.39 is 0 Å². The second kappa shape index (κ2) is 8.13. The third-order valence-electron chi connectivity index (χ3n) is 5.21. The van der Waals surface area contributed by atoms with Crippen LogP contribution in [0.4, 0.5) is 0 Å². The Balaban J connectivity index is 1.29. The molecule has 5 heteroatoms. The molecule has 2 fully saturated rings. The van der Waals surface area contributed by atoms with Gasteiger partial charge in [0, 0.05) is 38.6 Å². The van der Waals surface area contributed by atoms with E-state index in [1.54, 1.807) is 0 Å². The summed E-state index contributed by atoms with van der Waals surface area (Å²) >= 11 is 0. The minimum absolute atomic E-state index is 0.332. The zero-order chi connectivity index (χ0) is 16.9. The SMILES string of the molecule is c1ccc(-n2cccn2)c(CN2CCC(OCC3CCCO3)CC2)c1. The van der Waals surface area contributed by atoms with Crippen LogP contribution in [0, 0.1) is 0 Å². The smallest absolute Gasteiger partial charge is 0.0809 e. The molecule has 0 bridgehead atoms. The Bertz CT molecular complexity index is 645. The molecule has 1 unspecified atom stereocenters. The Morgan fingerprint density at radius 3 is 2.76 bits per heavy atom. The van der Waals surface area contributed by atoms with Gasteiger partial charge in [-0.05, 0) is 43.4 Å². The molecule has 4 rings (SSSR count). The van der Waals surface area contributed by atoms with Crippen LogP contribution in [0.1, 0.15) is 31.2 Å². The molecule has 0 radical (unpaired) electrons. The highest BCUT2D eigenvalue weighted by atomic mass is 16.5. The van der Waals surface area contributed by atoms with E-state index in [0.717, 1.165) is 52.1 Å². The molecule has 1 atom stereocenters. The largest absolute Gasteiger partial charge is 0.376 e. The molecule has 2 saturated heterocycles. The molecule has 0 saturated carbocycles. The van der Waals surface area contributed by atoms with Crippen molar-refractivity contribution in [3.05, 3.63) is 48.3 Å². The van der Waals surface area contributed by atoms with Crippen LogP contribution in [-0.4, -0.2) is 53.2 Å². The number of likely N-dealkylation sites (tertiary alicyclic amines) is 1. The number of hydrogen-bond donors (Lipinski definition) is 0. The second-order valence-electron chi connectivity index (χ2n) is 7.02. The molecule has 0 amide bonds. The molecule has 0 spiro atoms. The Morgan fingerprint density at radius 1 is 1.12 bits per heavy atom. The summed E-state index contributed by atoms with van der Waals surface area (Å²) in [6.45, 7) is 4.82. The summed E-state index contributed by atoms with van der Waals surface area (Å²) in [5.41, 5.74) is 2.49. The normalized spacial score (nSPS) is 22.5. The van der Waals surface area contributed by atoms with Crippen molar-refractivity contribution < 1.29 is 9.47 Å². The highest BCUT2D eigenvalue weighted by Gasteiger charge is 2.23. The van der Waals surface area contributed by atoms with Crippen LogP contribution in [0.15, 0.2) is 42.7 Å². The lowest BCUT2D eigenvalue weighted by Crippen LogP contribution is -2.37. The number of benzene rings is 1. The summed E-state index contributed by atoms with van der Waals surface area (Å²) < 4.78 is 13.7. The van der Waals surface area contributed by atoms with Gasteiger partial charge in [0.05, 0.1) is 24.5 Å². The summed E-state index contributed by atoms with van der Waals surface area (Å²) in [7, 11) is 0. The molecular weight excluding hydrogens is 314 g/mol. The van der Waals surface area contributed by atoms with E-state index in [2.05, 4.69) is 34.3 Å². The van der Waals surface area contributed by atoms with Crippen molar-refractivity contribution in [1.29, 1.82) is 0 Å². The minimum Gasteiger partial charge on any atom is -0.376 e. The fourth-order valence-electron chi connectivity index (χ4n) is 3.77. The van der Waals surface area contributed by atoms with Gasteiger partial charge in [0.1, 0.15) is 0 Å². The Labute approximate surface area is 149 Å².